The summed E-state index contributed by atoms with van der Waals surface area (Å²) in [6.07, 6.45) is 3.29. The number of carbonyl (C=O) groups is 2. The zero-order valence-electron chi connectivity index (χ0n) is 12.4. The molecule has 1 aliphatic carbocycles. The smallest absolute Gasteiger partial charge is 0.172 e. The van der Waals surface area contributed by atoms with Gasteiger partial charge in [0.2, 0.25) is 0 Å². The van der Waals surface area contributed by atoms with E-state index in [9.17, 15) is 9.59 Å². The molecule has 110 valence electrons. The molecule has 0 amide bonds. The van der Waals surface area contributed by atoms with Crippen molar-refractivity contribution in [1.82, 2.24) is 0 Å². The lowest BCUT2D eigenvalue weighted by atomic mass is 9.89. The molecule has 0 aromatic heterocycles. The van der Waals surface area contributed by atoms with E-state index in [0.29, 0.717) is 22.5 Å². The zero-order valence-corrected chi connectivity index (χ0v) is 12.4. The number of carbonyl (C=O) groups excluding carboxylic acids is 2. The van der Waals surface area contributed by atoms with Crippen molar-refractivity contribution >= 4 is 17.3 Å². The molecule has 4 N–H and O–H groups in total. The number of allylic oxidation sites excluding steroid dienone is 3. The van der Waals surface area contributed by atoms with Crippen LogP contribution in [-0.2, 0) is 4.79 Å². The number of aryl methyl sites for hydroxylation is 1. The fourth-order valence-corrected chi connectivity index (χ4v) is 2.71. The molecule has 0 atom stereocenters. The maximum atomic E-state index is 12.4. The minimum atomic E-state index is -0.255. The first-order valence-corrected chi connectivity index (χ1v) is 6.99. The molecule has 4 nitrogen and oxygen atoms in total. The zero-order chi connectivity index (χ0) is 15.6. The number of hydrogen-bond donors (Lipinski definition) is 2. The molecule has 4 heteroatoms. The van der Waals surface area contributed by atoms with Gasteiger partial charge in [0.1, 0.15) is 0 Å². The molecule has 0 radical (unpaired) electrons. The van der Waals surface area contributed by atoms with E-state index in [1.807, 2.05) is 26.0 Å². The van der Waals surface area contributed by atoms with Crippen LogP contribution in [0.2, 0.25) is 0 Å². The van der Waals surface area contributed by atoms with Gasteiger partial charge in [0.25, 0.3) is 0 Å². The summed E-state index contributed by atoms with van der Waals surface area (Å²) < 4.78 is 0. The lowest BCUT2D eigenvalue weighted by Gasteiger charge is -2.16. The Hall–Kier alpha value is -2.36. The van der Waals surface area contributed by atoms with Gasteiger partial charge in [-0.25, -0.2) is 0 Å². The Morgan fingerprint density at radius 1 is 1.14 bits per heavy atom. The number of nitrogens with two attached hydrogens (primary N) is 2. The number of Topliss-reactive ketones (excluding diaryl/α,β-unsaturated/α-hetero) is 2. The summed E-state index contributed by atoms with van der Waals surface area (Å²) in [6, 6.07) is 5.27. The Bertz CT molecular complexity index is 649. The summed E-state index contributed by atoms with van der Waals surface area (Å²) in [7, 11) is 0. The molecule has 2 rings (SSSR count). The highest BCUT2D eigenvalue weighted by Crippen LogP contribution is 2.25. The van der Waals surface area contributed by atoms with Crippen molar-refractivity contribution in [2.45, 2.75) is 33.1 Å². The minimum absolute atomic E-state index is 0.198. The Kier molecular flexibility index (Phi) is 4.26. The number of anilines is 1. The van der Waals surface area contributed by atoms with E-state index in [2.05, 4.69) is 0 Å². The largest absolute Gasteiger partial charge is 0.398 e. The van der Waals surface area contributed by atoms with Gasteiger partial charge in [-0.15, -0.1) is 0 Å². The monoisotopic (exact) mass is 284 g/mol. The fraction of sp³-hybridized carbons (Fsp3) is 0.294. The van der Waals surface area contributed by atoms with Crippen molar-refractivity contribution in [3.05, 3.63) is 52.2 Å². The summed E-state index contributed by atoms with van der Waals surface area (Å²) in [6.45, 7) is 3.70. The third-order valence-corrected chi connectivity index (χ3v) is 3.78. The molecular formula is C17H20N2O2. The Morgan fingerprint density at radius 2 is 1.86 bits per heavy atom. The first-order valence-electron chi connectivity index (χ1n) is 6.99. The summed E-state index contributed by atoms with van der Waals surface area (Å²) in [5.41, 5.74) is 15.3. The van der Waals surface area contributed by atoms with E-state index in [1.165, 1.54) is 0 Å². The van der Waals surface area contributed by atoms with Crippen molar-refractivity contribution in [2.75, 3.05) is 5.73 Å². The van der Waals surface area contributed by atoms with Gasteiger partial charge in [0.05, 0.1) is 6.42 Å². The van der Waals surface area contributed by atoms with Gasteiger partial charge in [-0.3, -0.25) is 9.59 Å². The van der Waals surface area contributed by atoms with E-state index >= 15 is 0 Å². The van der Waals surface area contributed by atoms with Crippen molar-refractivity contribution < 1.29 is 9.59 Å². The highest BCUT2D eigenvalue weighted by Gasteiger charge is 2.23. The first-order chi connectivity index (χ1) is 9.91. The van der Waals surface area contributed by atoms with Gasteiger partial charge in [-0.2, -0.15) is 0 Å². The Balaban J connectivity index is 2.24. The maximum Gasteiger partial charge on any atom is 0.172 e. The highest BCUT2D eigenvalue weighted by molar-refractivity contribution is 6.17. The van der Waals surface area contributed by atoms with Crippen LogP contribution in [0.3, 0.4) is 0 Å². The number of benzene rings is 1. The van der Waals surface area contributed by atoms with Crippen LogP contribution >= 0.6 is 0 Å². The summed E-state index contributed by atoms with van der Waals surface area (Å²) in [5.74, 6) is -0.483. The number of rotatable bonds is 4. The van der Waals surface area contributed by atoms with E-state index in [0.717, 1.165) is 24.0 Å². The van der Waals surface area contributed by atoms with Crippen LogP contribution < -0.4 is 11.5 Å². The van der Waals surface area contributed by atoms with Crippen LogP contribution in [0.25, 0.3) is 0 Å². The van der Waals surface area contributed by atoms with Crippen LogP contribution in [0, 0.1) is 6.92 Å². The number of ketones is 2. The molecule has 0 unspecified atom stereocenters. The lowest BCUT2D eigenvalue weighted by molar-refractivity contribution is -0.114. The normalized spacial score (nSPS) is 14.9. The van der Waals surface area contributed by atoms with Crippen LogP contribution in [-0.4, -0.2) is 11.6 Å². The van der Waals surface area contributed by atoms with E-state index in [1.54, 1.807) is 12.1 Å². The Morgan fingerprint density at radius 3 is 2.48 bits per heavy atom. The summed E-state index contributed by atoms with van der Waals surface area (Å²) in [5, 5.41) is 0. The second-order valence-corrected chi connectivity index (χ2v) is 5.42. The number of nitrogen functional groups attached to an aromatic ring is 1. The van der Waals surface area contributed by atoms with Gasteiger partial charge in [-0.1, -0.05) is 23.8 Å². The lowest BCUT2D eigenvalue weighted by Crippen LogP contribution is -2.19. The van der Waals surface area contributed by atoms with Crippen molar-refractivity contribution in [3.63, 3.8) is 0 Å². The minimum Gasteiger partial charge on any atom is -0.398 e. The average Bonchev–Trinajstić information content (AvgIpc) is 2.38. The standard InChI is InChI=1S/C17H20N2O2/c1-10-5-3-7-12(18)16(10)14(20)9-15(21)17-11(2)6-4-8-13(17)19/h3,5,7-8H,4,6,9,18-19H2,1-2H3. The van der Waals surface area contributed by atoms with Crippen molar-refractivity contribution in [2.24, 2.45) is 5.73 Å². The SMILES string of the molecule is CC1=C(C(=O)CC(=O)c2c(C)cccc2N)C(N)=CCC1. The van der Waals surface area contributed by atoms with Crippen LogP contribution in [0.4, 0.5) is 5.69 Å². The fourth-order valence-electron chi connectivity index (χ4n) is 2.71. The molecular weight excluding hydrogens is 264 g/mol. The van der Waals surface area contributed by atoms with Crippen molar-refractivity contribution in [1.29, 1.82) is 0 Å². The predicted octanol–water partition coefficient (Wildman–Crippen LogP) is 2.67. The molecule has 0 saturated carbocycles. The number of hydrogen-bond acceptors (Lipinski definition) is 4. The summed E-state index contributed by atoms with van der Waals surface area (Å²) >= 11 is 0. The van der Waals surface area contributed by atoms with E-state index in [-0.39, 0.29) is 18.0 Å². The molecule has 0 saturated heterocycles. The van der Waals surface area contributed by atoms with Gasteiger partial charge in [0, 0.05) is 22.5 Å². The second kappa shape index (κ2) is 5.95. The van der Waals surface area contributed by atoms with Crippen molar-refractivity contribution in [3.8, 4) is 0 Å². The molecule has 0 heterocycles. The first kappa shape index (κ1) is 15.0. The average molecular weight is 284 g/mol. The van der Waals surface area contributed by atoms with Crippen LogP contribution in [0.5, 0.6) is 0 Å². The van der Waals surface area contributed by atoms with E-state index in [4.69, 9.17) is 11.5 Å². The Labute approximate surface area is 124 Å². The molecule has 21 heavy (non-hydrogen) atoms. The van der Waals surface area contributed by atoms with Gasteiger partial charge in [0.15, 0.2) is 11.6 Å². The molecule has 0 fully saturated rings. The maximum absolute atomic E-state index is 12.4. The van der Waals surface area contributed by atoms with Crippen LogP contribution in [0.1, 0.15) is 42.1 Å². The molecule has 1 aromatic carbocycles. The predicted molar refractivity (Wildman–Crippen MR) is 83.8 cm³/mol. The van der Waals surface area contributed by atoms with Gasteiger partial charge >= 0.3 is 0 Å². The topological polar surface area (TPSA) is 86.2 Å². The third-order valence-electron chi connectivity index (χ3n) is 3.78. The molecule has 0 spiro atoms. The van der Waals surface area contributed by atoms with Gasteiger partial charge in [-0.05, 0) is 38.3 Å². The quantitative estimate of drug-likeness (QED) is 0.505. The van der Waals surface area contributed by atoms with E-state index < -0.39 is 0 Å². The molecule has 0 bridgehead atoms. The molecule has 1 aromatic rings. The highest BCUT2D eigenvalue weighted by atomic mass is 16.1. The van der Waals surface area contributed by atoms with Crippen LogP contribution in [0.15, 0.2) is 41.1 Å². The summed E-state index contributed by atoms with van der Waals surface area (Å²) in [4.78, 5) is 24.8. The molecule has 0 aliphatic heterocycles. The second-order valence-electron chi connectivity index (χ2n) is 5.42. The third kappa shape index (κ3) is 3.05. The molecule has 1 aliphatic rings. The van der Waals surface area contributed by atoms with Gasteiger partial charge < -0.3 is 11.5 Å².